The third-order valence-electron chi connectivity index (χ3n) is 2.48. The molecule has 1 aliphatic heterocycles. The van der Waals surface area contributed by atoms with Crippen LogP contribution in [-0.4, -0.2) is 38.7 Å². The molecule has 0 aromatic heterocycles. The first-order chi connectivity index (χ1) is 6.49. The summed E-state index contributed by atoms with van der Waals surface area (Å²) < 4.78 is 21.3. The van der Waals surface area contributed by atoms with Crippen molar-refractivity contribution in [1.29, 1.82) is 0 Å². The van der Waals surface area contributed by atoms with Crippen LogP contribution in [0.1, 0.15) is 19.3 Å². The van der Waals surface area contributed by atoms with Crippen LogP contribution in [0.2, 0.25) is 0 Å². The smallest absolute Gasteiger partial charge is 0.236 e. The van der Waals surface area contributed by atoms with Gasteiger partial charge in [-0.05, 0) is 26.4 Å². The van der Waals surface area contributed by atoms with Crippen molar-refractivity contribution < 1.29 is 8.42 Å². The molecule has 1 unspecified atom stereocenters. The van der Waals surface area contributed by atoms with Gasteiger partial charge in [0.2, 0.25) is 9.05 Å². The lowest BCUT2D eigenvalue weighted by atomic mass is 10.0. The minimum absolute atomic E-state index is 0.0705. The molecule has 0 amide bonds. The summed E-state index contributed by atoms with van der Waals surface area (Å²) >= 11 is 0. The fraction of sp³-hybridized carbons (Fsp3) is 0.778. The van der Waals surface area contributed by atoms with Gasteiger partial charge in [0.05, 0.1) is 5.75 Å². The Morgan fingerprint density at radius 3 is 2.79 bits per heavy atom. The Hall–Kier alpha value is -0.0600. The molecule has 0 radical (unpaired) electrons. The average molecular weight is 238 g/mol. The first kappa shape index (κ1) is 12.0. The molecule has 1 saturated heterocycles. The van der Waals surface area contributed by atoms with Crippen molar-refractivity contribution >= 4 is 19.7 Å². The second kappa shape index (κ2) is 5.14. The largest absolute Gasteiger partial charge is 0.300 e. The van der Waals surface area contributed by atoms with E-state index in [1.165, 1.54) is 12.8 Å². The fourth-order valence-electron chi connectivity index (χ4n) is 1.67. The molecule has 0 N–H and O–H groups in total. The van der Waals surface area contributed by atoms with E-state index in [0.29, 0.717) is 6.04 Å². The number of hydrogen-bond acceptors (Lipinski definition) is 3. The van der Waals surface area contributed by atoms with Crippen LogP contribution >= 0.6 is 10.7 Å². The van der Waals surface area contributed by atoms with Gasteiger partial charge >= 0.3 is 0 Å². The molecule has 0 aliphatic carbocycles. The number of nitrogens with zero attached hydrogens (tertiary/aromatic N) is 1. The summed E-state index contributed by atoms with van der Waals surface area (Å²) in [6, 6.07) is 0.377. The van der Waals surface area contributed by atoms with E-state index >= 15 is 0 Å². The third-order valence-corrected chi connectivity index (χ3v) is 3.45. The number of hydrogen-bond donors (Lipinski definition) is 0. The van der Waals surface area contributed by atoms with Gasteiger partial charge in [0.25, 0.3) is 0 Å². The summed E-state index contributed by atoms with van der Waals surface area (Å²) in [4.78, 5) is 2.24. The first-order valence-corrected chi connectivity index (χ1v) is 7.26. The van der Waals surface area contributed by atoms with E-state index < -0.39 is 9.05 Å². The van der Waals surface area contributed by atoms with Gasteiger partial charge in [-0.15, -0.1) is 0 Å². The number of likely N-dealkylation sites (tertiary alicyclic amines) is 1. The molecule has 1 rings (SSSR count). The molecule has 1 atom stereocenters. The number of halogens is 1. The van der Waals surface area contributed by atoms with Crippen LogP contribution in [0.15, 0.2) is 12.2 Å². The van der Waals surface area contributed by atoms with Crippen LogP contribution in [0.5, 0.6) is 0 Å². The Kier molecular flexibility index (Phi) is 4.41. The van der Waals surface area contributed by atoms with Gasteiger partial charge in [-0.25, -0.2) is 8.42 Å². The van der Waals surface area contributed by atoms with Crippen LogP contribution in [0, 0.1) is 0 Å². The molecule has 0 aromatic rings. The minimum atomic E-state index is -3.38. The Morgan fingerprint density at radius 1 is 1.50 bits per heavy atom. The Morgan fingerprint density at radius 2 is 2.21 bits per heavy atom. The van der Waals surface area contributed by atoms with E-state index in [4.69, 9.17) is 10.7 Å². The summed E-state index contributed by atoms with van der Waals surface area (Å²) in [6.07, 6.45) is 7.14. The van der Waals surface area contributed by atoms with Gasteiger partial charge in [0.15, 0.2) is 0 Å². The molecular formula is C9H16ClNO2S. The van der Waals surface area contributed by atoms with E-state index in [1.54, 1.807) is 6.08 Å². The van der Waals surface area contributed by atoms with E-state index in [-0.39, 0.29) is 5.75 Å². The zero-order chi connectivity index (χ0) is 10.6. The molecular weight excluding hydrogens is 222 g/mol. The summed E-state index contributed by atoms with van der Waals surface area (Å²) in [5.74, 6) is -0.0705. The van der Waals surface area contributed by atoms with Crippen molar-refractivity contribution in [3.63, 3.8) is 0 Å². The average Bonchev–Trinajstić information content (AvgIpc) is 2.06. The molecule has 0 saturated carbocycles. The maximum Gasteiger partial charge on any atom is 0.236 e. The van der Waals surface area contributed by atoms with Crippen LogP contribution < -0.4 is 0 Å². The van der Waals surface area contributed by atoms with Crippen LogP contribution in [0.4, 0.5) is 0 Å². The second-order valence-electron chi connectivity index (χ2n) is 3.68. The Bertz CT molecular complexity index is 300. The minimum Gasteiger partial charge on any atom is -0.300 e. The molecule has 14 heavy (non-hydrogen) atoms. The quantitative estimate of drug-likeness (QED) is 0.553. The molecule has 3 nitrogen and oxygen atoms in total. The lowest BCUT2D eigenvalue weighted by Crippen LogP contribution is -2.34. The molecule has 1 aliphatic rings. The standard InChI is InChI=1S/C9H16ClNO2S/c1-11-7-3-2-5-9(11)6-4-8-14(10,12)13/h4,6,9H,2-3,5,7-8H2,1H3/b6-4-. The molecule has 82 valence electrons. The number of piperidine rings is 1. The van der Waals surface area contributed by atoms with Gasteiger partial charge < -0.3 is 0 Å². The summed E-state index contributed by atoms with van der Waals surface area (Å²) in [6.45, 7) is 1.09. The maximum atomic E-state index is 10.7. The van der Waals surface area contributed by atoms with E-state index in [9.17, 15) is 8.42 Å². The molecule has 1 heterocycles. The molecule has 1 fully saturated rings. The summed E-state index contributed by atoms with van der Waals surface area (Å²) in [7, 11) is 3.78. The summed E-state index contributed by atoms with van der Waals surface area (Å²) in [5, 5.41) is 0. The van der Waals surface area contributed by atoms with Crippen LogP contribution in [0.25, 0.3) is 0 Å². The lowest BCUT2D eigenvalue weighted by molar-refractivity contribution is 0.222. The molecule has 0 aromatic carbocycles. The Balaban J connectivity index is 2.42. The van der Waals surface area contributed by atoms with Crippen molar-refractivity contribution in [3.05, 3.63) is 12.2 Å². The van der Waals surface area contributed by atoms with Crippen molar-refractivity contribution in [1.82, 2.24) is 4.90 Å². The van der Waals surface area contributed by atoms with Crippen molar-refractivity contribution in [2.75, 3.05) is 19.3 Å². The van der Waals surface area contributed by atoms with Crippen molar-refractivity contribution in [3.8, 4) is 0 Å². The highest BCUT2D eigenvalue weighted by molar-refractivity contribution is 8.13. The highest BCUT2D eigenvalue weighted by Crippen LogP contribution is 2.15. The van der Waals surface area contributed by atoms with Gasteiger partial charge in [-0.3, -0.25) is 4.90 Å². The number of rotatable bonds is 3. The predicted molar refractivity (Wildman–Crippen MR) is 59.0 cm³/mol. The zero-order valence-electron chi connectivity index (χ0n) is 8.32. The lowest BCUT2D eigenvalue weighted by Gasteiger charge is -2.30. The SMILES string of the molecule is CN1CCCCC1/C=C\CS(=O)(=O)Cl. The fourth-order valence-corrected chi connectivity index (χ4v) is 2.23. The second-order valence-corrected chi connectivity index (χ2v) is 6.50. The van der Waals surface area contributed by atoms with Gasteiger partial charge in [-0.2, -0.15) is 0 Å². The third kappa shape index (κ3) is 4.44. The van der Waals surface area contributed by atoms with Gasteiger partial charge in [0.1, 0.15) is 0 Å². The van der Waals surface area contributed by atoms with Crippen LogP contribution in [0.3, 0.4) is 0 Å². The van der Waals surface area contributed by atoms with E-state index in [0.717, 1.165) is 13.0 Å². The zero-order valence-corrected chi connectivity index (χ0v) is 9.89. The molecule has 0 bridgehead atoms. The monoisotopic (exact) mass is 237 g/mol. The topological polar surface area (TPSA) is 37.4 Å². The first-order valence-electron chi connectivity index (χ1n) is 4.78. The molecule has 0 spiro atoms. The normalized spacial score (nSPS) is 25.7. The Labute approximate surface area is 90.2 Å². The van der Waals surface area contributed by atoms with Crippen LogP contribution in [-0.2, 0) is 9.05 Å². The summed E-state index contributed by atoms with van der Waals surface area (Å²) in [5.41, 5.74) is 0. The van der Waals surface area contributed by atoms with Crippen molar-refractivity contribution in [2.24, 2.45) is 0 Å². The van der Waals surface area contributed by atoms with Gasteiger partial charge in [0, 0.05) is 16.7 Å². The molecule has 5 heteroatoms. The predicted octanol–water partition coefficient (Wildman–Crippen LogP) is 1.60. The van der Waals surface area contributed by atoms with E-state index in [1.807, 2.05) is 6.08 Å². The highest BCUT2D eigenvalue weighted by atomic mass is 35.7. The maximum absolute atomic E-state index is 10.7. The van der Waals surface area contributed by atoms with E-state index in [2.05, 4.69) is 11.9 Å². The van der Waals surface area contributed by atoms with Gasteiger partial charge in [-0.1, -0.05) is 18.6 Å². The van der Waals surface area contributed by atoms with Crippen molar-refractivity contribution in [2.45, 2.75) is 25.3 Å². The highest BCUT2D eigenvalue weighted by Gasteiger charge is 2.15. The number of likely N-dealkylation sites (N-methyl/N-ethyl adjacent to an activating group) is 1.